The van der Waals surface area contributed by atoms with Gasteiger partial charge in [0.05, 0.1) is 16.7 Å². The van der Waals surface area contributed by atoms with E-state index >= 15 is 0 Å². The van der Waals surface area contributed by atoms with Crippen LogP contribution in [-0.4, -0.2) is 29.2 Å². The highest BCUT2D eigenvalue weighted by Gasteiger charge is 2.57. The van der Waals surface area contributed by atoms with Crippen LogP contribution < -0.4 is 10.6 Å². The molecule has 22 heavy (non-hydrogen) atoms. The van der Waals surface area contributed by atoms with E-state index in [4.69, 9.17) is 0 Å². The van der Waals surface area contributed by atoms with E-state index in [0.717, 1.165) is 29.7 Å². The van der Waals surface area contributed by atoms with Crippen LogP contribution in [0.15, 0.2) is 18.2 Å². The number of nitrogens with one attached hydrogen (secondary N) is 3. The van der Waals surface area contributed by atoms with Crippen molar-refractivity contribution in [2.75, 3.05) is 13.1 Å². The Hall–Kier alpha value is -1.88. The van der Waals surface area contributed by atoms with Crippen LogP contribution in [0.1, 0.15) is 25.1 Å². The van der Waals surface area contributed by atoms with Crippen LogP contribution in [0.5, 0.6) is 0 Å². The molecule has 1 aromatic carbocycles. The second-order valence-electron chi connectivity index (χ2n) is 7.20. The Morgan fingerprint density at radius 3 is 2.77 bits per heavy atom. The van der Waals surface area contributed by atoms with Gasteiger partial charge in [-0.15, -0.1) is 0 Å². The van der Waals surface area contributed by atoms with Gasteiger partial charge in [-0.25, -0.2) is 0 Å². The lowest BCUT2D eigenvalue weighted by molar-refractivity contribution is -0.124. The minimum absolute atomic E-state index is 0.172. The maximum Gasteiger partial charge on any atom is 0.224 e. The summed E-state index contributed by atoms with van der Waals surface area (Å²) in [5.74, 6) is 1.43. The highest BCUT2D eigenvalue weighted by atomic mass is 16.2. The van der Waals surface area contributed by atoms with Crippen LogP contribution in [0.4, 0.5) is 0 Å². The SMILES string of the molecule is Cc1cccc2c(C(C)(C)NC(=O)C3C4CNC[C@H]43)n[nH]c12. The second-order valence-corrected chi connectivity index (χ2v) is 7.20. The van der Waals surface area contributed by atoms with Crippen molar-refractivity contribution < 1.29 is 4.79 Å². The standard InChI is InChI=1S/C17H22N4O/c1-9-5-4-6-10-14(9)20-21-15(10)17(2,3)19-16(22)13-11-7-18-8-12(11)13/h4-6,11-13,18H,7-8H2,1-3H3,(H,19,22)(H,20,21)/t11-,12?,13?/m1/s1. The number of para-hydroxylation sites is 1. The molecule has 1 saturated carbocycles. The molecule has 5 nitrogen and oxygen atoms in total. The van der Waals surface area contributed by atoms with Crippen molar-refractivity contribution in [3.63, 3.8) is 0 Å². The molecule has 1 aromatic heterocycles. The van der Waals surface area contributed by atoms with Crippen molar-refractivity contribution in [1.29, 1.82) is 0 Å². The zero-order valence-corrected chi connectivity index (χ0v) is 13.2. The number of fused-ring (bicyclic) bond motifs is 2. The number of nitrogens with zero attached hydrogens (tertiary/aromatic N) is 1. The Labute approximate surface area is 129 Å². The fraction of sp³-hybridized carbons (Fsp3) is 0.529. The Kier molecular flexibility index (Phi) is 2.85. The smallest absolute Gasteiger partial charge is 0.224 e. The van der Waals surface area contributed by atoms with E-state index in [1.807, 2.05) is 19.9 Å². The van der Waals surface area contributed by atoms with E-state index in [-0.39, 0.29) is 11.8 Å². The molecular formula is C17H22N4O. The molecule has 116 valence electrons. The number of benzene rings is 1. The summed E-state index contributed by atoms with van der Waals surface area (Å²) in [6.45, 7) is 8.08. The van der Waals surface area contributed by atoms with Gasteiger partial charge < -0.3 is 10.6 Å². The first-order chi connectivity index (χ1) is 10.5. The van der Waals surface area contributed by atoms with Crippen LogP contribution in [0, 0.1) is 24.7 Å². The first kappa shape index (κ1) is 13.8. The number of aryl methyl sites for hydroxylation is 1. The average molecular weight is 298 g/mol. The highest BCUT2D eigenvalue weighted by molar-refractivity contribution is 5.87. The van der Waals surface area contributed by atoms with Gasteiger partial charge in [-0.1, -0.05) is 18.2 Å². The van der Waals surface area contributed by atoms with Gasteiger partial charge in [0.1, 0.15) is 0 Å². The molecule has 2 aliphatic rings. The number of hydrogen-bond donors (Lipinski definition) is 3. The predicted octanol–water partition coefficient (Wildman–Crippen LogP) is 1.69. The third-order valence-electron chi connectivity index (χ3n) is 5.23. The molecule has 2 unspecified atom stereocenters. The Morgan fingerprint density at radius 1 is 1.32 bits per heavy atom. The average Bonchev–Trinajstić information content (AvgIpc) is 2.85. The lowest BCUT2D eigenvalue weighted by atomic mass is 9.96. The normalized spacial score (nSPS) is 27.0. The molecule has 0 radical (unpaired) electrons. The number of aromatic nitrogens is 2. The number of aromatic amines is 1. The maximum absolute atomic E-state index is 12.6. The quantitative estimate of drug-likeness (QED) is 0.807. The van der Waals surface area contributed by atoms with E-state index in [0.29, 0.717) is 11.8 Å². The summed E-state index contributed by atoms with van der Waals surface area (Å²) in [5, 5.41) is 15.2. The summed E-state index contributed by atoms with van der Waals surface area (Å²) in [7, 11) is 0. The van der Waals surface area contributed by atoms with Crippen molar-refractivity contribution in [2.24, 2.45) is 17.8 Å². The zero-order chi connectivity index (χ0) is 15.5. The van der Waals surface area contributed by atoms with Crippen molar-refractivity contribution >= 4 is 16.8 Å². The Balaban J connectivity index is 1.59. The van der Waals surface area contributed by atoms with E-state index in [1.54, 1.807) is 0 Å². The third kappa shape index (κ3) is 1.96. The number of piperidine rings is 1. The topological polar surface area (TPSA) is 69.8 Å². The molecule has 2 aromatic rings. The van der Waals surface area contributed by atoms with Crippen LogP contribution in [0.25, 0.3) is 10.9 Å². The first-order valence-electron chi connectivity index (χ1n) is 7.96. The van der Waals surface area contributed by atoms with Crippen molar-refractivity contribution in [1.82, 2.24) is 20.8 Å². The van der Waals surface area contributed by atoms with Gasteiger partial charge >= 0.3 is 0 Å². The molecule has 3 N–H and O–H groups in total. The lowest BCUT2D eigenvalue weighted by Crippen LogP contribution is -2.43. The number of amides is 1. The van der Waals surface area contributed by atoms with Crippen LogP contribution in [-0.2, 0) is 10.3 Å². The molecular weight excluding hydrogens is 276 g/mol. The Bertz CT molecular complexity index is 738. The molecule has 1 amide bonds. The summed E-state index contributed by atoms with van der Waals surface area (Å²) in [5.41, 5.74) is 2.64. The summed E-state index contributed by atoms with van der Waals surface area (Å²) in [6.07, 6.45) is 0. The molecule has 1 aliphatic heterocycles. The largest absolute Gasteiger partial charge is 0.345 e. The van der Waals surface area contributed by atoms with Gasteiger partial charge in [0.2, 0.25) is 5.91 Å². The zero-order valence-electron chi connectivity index (χ0n) is 13.2. The molecule has 1 saturated heterocycles. The van der Waals surface area contributed by atoms with Crippen molar-refractivity contribution in [3.05, 3.63) is 29.5 Å². The number of H-pyrrole nitrogens is 1. The van der Waals surface area contributed by atoms with Gasteiger partial charge in [-0.05, 0) is 51.3 Å². The number of hydrogen-bond acceptors (Lipinski definition) is 3. The summed E-state index contributed by atoms with van der Waals surface area (Å²) < 4.78 is 0. The van der Waals surface area contributed by atoms with E-state index in [9.17, 15) is 4.79 Å². The second kappa shape index (κ2) is 4.56. The van der Waals surface area contributed by atoms with Gasteiger partial charge in [0, 0.05) is 11.3 Å². The molecule has 1 aliphatic carbocycles. The van der Waals surface area contributed by atoms with Gasteiger partial charge in [0.15, 0.2) is 0 Å². The first-order valence-corrected chi connectivity index (χ1v) is 7.96. The highest BCUT2D eigenvalue weighted by Crippen LogP contribution is 2.49. The van der Waals surface area contributed by atoms with E-state index < -0.39 is 5.54 Å². The number of carbonyl (C=O) groups is 1. The molecule has 3 atom stereocenters. The van der Waals surface area contributed by atoms with Crippen LogP contribution in [0.2, 0.25) is 0 Å². The summed E-state index contributed by atoms with van der Waals surface area (Å²) >= 11 is 0. The van der Waals surface area contributed by atoms with Gasteiger partial charge in [0.25, 0.3) is 0 Å². The fourth-order valence-corrected chi connectivity index (χ4v) is 3.92. The lowest BCUT2D eigenvalue weighted by Gasteiger charge is -2.25. The summed E-state index contributed by atoms with van der Waals surface area (Å²) in [4.78, 5) is 12.6. The minimum atomic E-state index is -0.479. The number of rotatable bonds is 3. The van der Waals surface area contributed by atoms with Gasteiger partial charge in [-0.3, -0.25) is 9.89 Å². The maximum atomic E-state index is 12.6. The molecule has 0 spiro atoms. The molecule has 4 rings (SSSR count). The van der Waals surface area contributed by atoms with Crippen molar-refractivity contribution in [2.45, 2.75) is 26.3 Å². The van der Waals surface area contributed by atoms with Crippen LogP contribution in [0.3, 0.4) is 0 Å². The van der Waals surface area contributed by atoms with E-state index in [2.05, 4.69) is 39.9 Å². The molecule has 2 fully saturated rings. The predicted molar refractivity (Wildman–Crippen MR) is 85.3 cm³/mol. The third-order valence-corrected chi connectivity index (χ3v) is 5.23. The molecule has 0 bridgehead atoms. The van der Waals surface area contributed by atoms with Crippen LogP contribution >= 0.6 is 0 Å². The monoisotopic (exact) mass is 298 g/mol. The minimum Gasteiger partial charge on any atom is -0.345 e. The number of carbonyl (C=O) groups excluding carboxylic acids is 1. The van der Waals surface area contributed by atoms with Gasteiger partial charge in [-0.2, -0.15) is 5.10 Å². The molecule has 2 heterocycles. The summed E-state index contributed by atoms with van der Waals surface area (Å²) in [6, 6.07) is 6.16. The molecule has 5 heteroatoms. The van der Waals surface area contributed by atoms with E-state index in [1.165, 1.54) is 5.56 Å². The fourth-order valence-electron chi connectivity index (χ4n) is 3.92. The van der Waals surface area contributed by atoms with Crippen molar-refractivity contribution in [3.8, 4) is 0 Å². The Morgan fingerprint density at radius 2 is 2.05 bits per heavy atom.